The van der Waals surface area contributed by atoms with E-state index < -0.39 is 17.9 Å². The third-order valence-electron chi connectivity index (χ3n) is 5.80. The monoisotopic (exact) mass is 459 g/mol. The van der Waals surface area contributed by atoms with Gasteiger partial charge in [0.2, 0.25) is 0 Å². The van der Waals surface area contributed by atoms with Crippen molar-refractivity contribution in [2.45, 2.75) is 38.1 Å². The number of ether oxygens (including phenoxy) is 1. The number of rotatable bonds is 10. The lowest BCUT2D eigenvalue weighted by atomic mass is 10.1. The van der Waals surface area contributed by atoms with E-state index in [0.717, 1.165) is 55.1 Å². The lowest BCUT2D eigenvalue weighted by Gasteiger charge is -2.17. The van der Waals surface area contributed by atoms with Crippen LogP contribution in [0, 0.1) is 0 Å². The van der Waals surface area contributed by atoms with E-state index in [1.807, 2.05) is 24.3 Å². The Morgan fingerprint density at radius 2 is 1.85 bits per heavy atom. The van der Waals surface area contributed by atoms with Gasteiger partial charge >= 0.3 is 5.97 Å². The first-order chi connectivity index (χ1) is 16.6. The Morgan fingerprint density at radius 3 is 2.62 bits per heavy atom. The van der Waals surface area contributed by atoms with Crippen LogP contribution in [0.15, 0.2) is 66.7 Å². The number of nitrogens with zero attached hydrogens (tertiary/aromatic N) is 1. The van der Waals surface area contributed by atoms with Gasteiger partial charge in [0.1, 0.15) is 17.6 Å². The normalized spacial score (nSPS) is 13.3. The van der Waals surface area contributed by atoms with Crippen molar-refractivity contribution in [2.24, 2.45) is 0 Å². The molecule has 1 amide bonds. The molecule has 0 saturated carbocycles. The number of benzene rings is 2. The van der Waals surface area contributed by atoms with Gasteiger partial charge in [-0.2, -0.15) is 0 Å². The molecule has 4 rings (SSSR count). The molecule has 0 fully saturated rings. The minimum absolute atomic E-state index is 0.187. The topological polar surface area (TPSA) is 101 Å². The molecule has 34 heavy (non-hydrogen) atoms. The number of nitrogens with one attached hydrogen (secondary N) is 2. The van der Waals surface area contributed by atoms with Gasteiger partial charge in [0.05, 0.1) is 6.61 Å². The summed E-state index contributed by atoms with van der Waals surface area (Å²) < 4.78 is 5.84. The molecule has 0 radical (unpaired) electrons. The summed E-state index contributed by atoms with van der Waals surface area (Å²) in [4.78, 5) is 28.7. The van der Waals surface area contributed by atoms with Crippen molar-refractivity contribution in [3.63, 3.8) is 0 Å². The SMILES string of the molecule is O=C(NC(Cc1ccc(OCCCc2ccc3c(n2)NCCC3)cc1)C(=O)O)c1ccccc1. The van der Waals surface area contributed by atoms with Gasteiger partial charge in [-0.25, -0.2) is 9.78 Å². The highest BCUT2D eigenvalue weighted by Crippen LogP contribution is 2.20. The molecule has 1 aliphatic rings. The predicted molar refractivity (Wildman–Crippen MR) is 130 cm³/mol. The molecule has 7 heteroatoms. The number of pyridine rings is 1. The second kappa shape index (κ2) is 11.3. The Hall–Kier alpha value is -3.87. The van der Waals surface area contributed by atoms with E-state index in [-0.39, 0.29) is 6.42 Å². The minimum atomic E-state index is -1.07. The fourth-order valence-corrected chi connectivity index (χ4v) is 3.94. The molecule has 7 nitrogen and oxygen atoms in total. The third kappa shape index (κ3) is 6.34. The zero-order chi connectivity index (χ0) is 23.8. The van der Waals surface area contributed by atoms with Crippen molar-refractivity contribution >= 4 is 17.7 Å². The first-order valence-corrected chi connectivity index (χ1v) is 11.6. The number of amides is 1. The van der Waals surface area contributed by atoms with E-state index in [4.69, 9.17) is 9.72 Å². The van der Waals surface area contributed by atoms with Crippen LogP contribution in [0.1, 0.15) is 40.0 Å². The number of carbonyl (C=O) groups is 2. The van der Waals surface area contributed by atoms with E-state index in [0.29, 0.717) is 12.2 Å². The summed E-state index contributed by atoms with van der Waals surface area (Å²) in [5, 5.41) is 15.5. The summed E-state index contributed by atoms with van der Waals surface area (Å²) in [5.74, 6) is 0.261. The van der Waals surface area contributed by atoms with Gasteiger partial charge in [0, 0.05) is 24.2 Å². The number of hydrogen-bond donors (Lipinski definition) is 3. The van der Waals surface area contributed by atoms with Gasteiger partial charge in [0.25, 0.3) is 5.91 Å². The second-order valence-corrected chi connectivity index (χ2v) is 8.37. The number of hydrogen-bond acceptors (Lipinski definition) is 5. The average Bonchev–Trinajstić information content (AvgIpc) is 2.87. The fourth-order valence-electron chi connectivity index (χ4n) is 3.94. The Bertz CT molecular complexity index is 1120. The fraction of sp³-hybridized carbons (Fsp3) is 0.296. The summed E-state index contributed by atoms with van der Waals surface area (Å²) in [6.07, 6.45) is 4.11. The van der Waals surface area contributed by atoms with Crippen LogP contribution in [0.4, 0.5) is 5.82 Å². The van der Waals surface area contributed by atoms with Crippen molar-refractivity contribution in [3.8, 4) is 5.75 Å². The molecule has 1 aromatic heterocycles. The van der Waals surface area contributed by atoms with Crippen LogP contribution < -0.4 is 15.4 Å². The van der Waals surface area contributed by atoms with Crippen molar-refractivity contribution in [3.05, 3.63) is 89.1 Å². The number of aliphatic carboxylic acids is 1. The molecule has 2 aromatic carbocycles. The Balaban J connectivity index is 1.24. The molecule has 176 valence electrons. The number of carboxylic acids is 1. The van der Waals surface area contributed by atoms with E-state index in [1.54, 1.807) is 30.3 Å². The van der Waals surface area contributed by atoms with Gasteiger partial charge in [-0.3, -0.25) is 4.79 Å². The molecule has 2 heterocycles. The lowest BCUT2D eigenvalue weighted by molar-refractivity contribution is -0.139. The Morgan fingerprint density at radius 1 is 1.06 bits per heavy atom. The van der Waals surface area contributed by atoms with Gasteiger partial charge < -0.3 is 20.5 Å². The smallest absolute Gasteiger partial charge is 0.326 e. The van der Waals surface area contributed by atoms with Crippen LogP contribution in [-0.4, -0.2) is 41.2 Å². The molecule has 1 atom stereocenters. The van der Waals surface area contributed by atoms with Crippen LogP contribution in [-0.2, 0) is 24.1 Å². The van der Waals surface area contributed by atoms with Crippen LogP contribution in [0.3, 0.4) is 0 Å². The minimum Gasteiger partial charge on any atom is -0.494 e. The largest absolute Gasteiger partial charge is 0.494 e. The number of aromatic nitrogens is 1. The highest BCUT2D eigenvalue weighted by Gasteiger charge is 2.21. The Labute approximate surface area is 199 Å². The first kappa shape index (κ1) is 23.3. The first-order valence-electron chi connectivity index (χ1n) is 11.6. The zero-order valence-electron chi connectivity index (χ0n) is 19.0. The summed E-state index contributed by atoms with van der Waals surface area (Å²) in [6, 6.07) is 19.1. The van der Waals surface area contributed by atoms with Crippen molar-refractivity contribution in [1.29, 1.82) is 0 Å². The lowest BCUT2D eigenvalue weighted by Crippen LogP contribution is -2.42. The van der Waals surface area contributed by atoms with E-state index in [2.05, 4.69) is 22.8 Å². The number of carbonyl (C=O) groups excluding carboxylic acids is 1. The molecule has 0 saturated heterocycles. The maximum atomic E-state index is 12.3. The summed E-state index contributed by atoms with van der Waals surface area (Å²) in [7, 11) is 0. The number of aryl methyl sites for hydroxylation is 2. The maximum absolute atomic E-state index is 12.3. The molecular weight excluding hydrogens is 430 g/mol. The molecule has 0 bridgehead atoms. The summed E-state index contributed by atoms with van der Waals surface area (Å²) in [6.45, 7) is 1.55. The maximum Gasteiger partial charge on any atom is 0.326 e. The van der Waals surface area contributed by atoms with Gasteiger partial charge in [-0.05, 0) is 67.1 Å². The predicted octanol–water partition coefficient (Wildman–Crippen LogP) is 3.88. The Kier molecular flexibility index (Phi) is 7.75. The van der Waals surface area contributed by atoms with Crippen LogP contribution >= 0.6 is 0 Å². The molecule has 1 aliphatic heterocycles. The molecule has 1 unspecified atom stereocenters. The van der Waals surface area contributed by atoms with Gasteiger partial charge in [-0.15, -0.1) is 0 Å². The molecule has 3 N–H and O–H groups in total. The van der Waals surface area contributed by atoms with E-state index in [1.165, 1.54) is 5.56 Å². The molecule has 3 aromatic rings. The number of fused-ring (bicyclic) bond motifs is 1. The number of anilines is 1. The number of carboxylic acid groups (broad SMARTS) is 1. The van der Waals surface area contributed by atoms with E-state index >= 15 is 0 Å². The van der Waals surface area contributed by atoms with Crippen molar-refractivity contribution in [1.82, 2.24) is 10.3 Å². The summed E-state index contributed by atoms with van der Waals surface area (Å²) >= 11 is 0. The zero-order valence-corrected chi connectivity index (χ0v) is 19.0. The molecule has 0 spiro atoms. The van der Waals surface area contributed by atoms with Crippen LogP contribution in [0.25, 0.3) is 0 Å². The van der Waals surface area contributed by atoms with Gasteiger partial charge in [-0.1, -0.05) is 36.4 Å². The average molecular weight is 460 g/mol. The third-order valence-corrected chi connectivity index (χ3v) is 5.80. The van der Waals surface area contributed by atoms with Crippen molar-refractivity contribution in [2.75, 3.05) is 18.5 Å². The molecular formula is C27H29N3O4. The highest BCUT2D eigenvalue weighted by molar-refractivity contribution is 5.96. The van der Waals surface area contributed by atoms with Crippen molar-refractivity contribution < 1.29 is 19.4 Å². The quantitative estimate of drug-likeness (QED) is 0.398. The standard InChI is InChI=1S/C27H29N3O4/c31-26(21-6-2-1-3-7-21)30-24(27(32)33)18-19-10-14-23(15-11-19)34-17-5-9-22-13-12-20-8-4-16-28-25(20)29-22/h1-3,6-7,10-15,24H,4-5,8-9,16-18H2,(H,28,29)(H,30,31)(H,32,33). The van der Waals surface area contributed by atoms with E-state index in [9.17, 15) is 14.7 Å². The van der Waals surface area contributed by atoms with Gasteiger partial charge in [0.15, 0.2) is 0 Å². The van der Waals surface area contributed by atoms with Crippen LogP contribution in [0.5, 0.6) is 5.75 Å². The highest BCUT2D eigenvalue weighted by atomic mass is 16.5. The van der Waals surface area contributed by atoms with Crippen LogP contribution in [0.2, 0.25) is 0 Å². The summed E-state index contributed by atoms with van der Waals surface area (Å²) in [5.41, 5.74) is 3.58. The molecule has 0 aliphatic carbocycles. The second-order valence-electron chi connectivity index (χ2n) is 8.37.